The molecule has 0 aromatic heterocycles. The molecule has 2 aromatic carbocycles. The van der Waals surface area contributed by atoms with Crippen LogP contribution in [0.3, 0.4) is 0 Å². The molecule has 166 valence electrons. The lowest BCUT2D eigenvalue weighted by Gasteiger charge is -2.38. The number of halogens is 1. The molecule has 0 saturated heterocycles. The molecule has 2 aromatic rings. The largest absolute Gasteiger partial charge is 0.206 e. The van der Waals surface area contributed by atoms with Gasteiger partial charge in [-0.15, -0.1) is 13.2 Å². The summed E-state index contributed by atoms with van der Waals surface area (Å²) in [6.45, 7) is 7.67. The van der Waals surface area contributed by atoms with Gasteiger partial charge in [0.2, 0.25) is 0 Å². The van der Waals surface area contributed by atoms with E-state index in [4.69, 9.17) is 0 Å². The third-order valence-electron chi connectivity index (χ3n) is 8.23. The second-order valence-corrected chi connectivity index (χ2v) is 10.1. The zero-order chi connectivity index (χ0) is 21.6. The Morgan fingerprint density at radius 3 is 2.16 bits per heavy atom. The van der Waals surface area contributed by atoms with Crippen molar-refractivity contribution in [3.8, 4) is 0 Å². The summed E-state index contributed by atoms with van der Waals surface area (Å²) in [5, 5.41) is 1.82. The number of rotatable bonds is 8. The average molecular weight is 419 g/mol. The van der Waals surface area contributed by atoms with E-state index < -0.39 is 0 Å². The molecule has 2 aliphatic carbocycles. The lowest BCUT2D eigenvalue weighted by atomic mass is 9.68. The summed E-state index contributed by atoms with van der Waals surface area (Å²) in [5.41, 5.74) is 2.22. The fourth-order valence-electron chi connectivity index (χ4n) is 6.30. The van der Waals surface area contributed by atoms with Crippen LogP contribution >= 0.6 is 0 Å². The third kappa shape index (κ3) is 5.30. The number of hydrogen-bond donors (Lipinski definition) is 0. The maximum atomic E-state index is 15.4. The number of benzene rings is 2. The molecular formula is C30H39F. The fraction of sp³-hybridized carbons (Fsp3) is 0.533. The summed E-state index contributed by atoms with van der Waals surface area (Å²) in [5.74, 6) is 3.13. The predicted octanol–water partition coefficient (Wildman–Crippen LogP) is 9.14. The molecule has 0 atom stereocenters. The van der Waals surface area contributed by atoms with Gasteiger partial charge in [0.05, 0.1) is 0 Å². The quantitative estimate of drug-likeness (QED) is 0.375. The molecule has 1 heteroatoms. The minimum absolute atomic E-state index is 0.0268. The zero-order valence-electron chi connectivity index (χ0n) is 19.1. The fourth-order valence-corrected chi connectivity index (χ4v) is 6.30. The summed E-state index contributed by atoms with van der Waals surface area (Å²) in [6, 6.07) is 10.4. The molecule has 2 saturated carbocycles. The van der Waals surface area contributed by atoms with Crippen LogP contribution in [-0.4, -0.2) is 0 Å². The highest BCUT2D eigenvalue weighted by Gasteiger charge is 2.32. The summed E-state index contributed by atoms with van der Waals surface area (Å²) in [4.78, 5) is 0. The highest BCUT2D eigenvalue weighted by molar-refractivity contribution is 5.84. The van der Waals surface area contributed by atoms with E-state index in [0.717, 1.165) is 59.8 Å². The van der Waals surface area contributed by atoms with Crippen LogP contribution in [0.1, 0.15) is 87.7 Å². The van der Waals surface area contributed by atoms with Crippen LogP contribution < -0.4 is 0 Å². The Hall–Kier alpha value is -1.89. The molecule has 31 heavy (non-hydrogen) atoms. The van der Waals surface area contributed by atoms with Crippen molar-refractivity contribution < 1.29 is 4.39 Å². The molecule has 0 bridgehead atoms. The Bertz CT molecular complexity index is 879. The van der Waals surface area contributed by atoms with Gasteiger partial charge in [-0.3, -0.25) is 0 Å². The number of hydrogen-bond acceptors (Lipinski definition) is 0. The molecule has 0 N–H and O–H groups in total. The van der Waals surface area contributed by atoms with Crippen LogP contribution in [0.15, 0.2) is 55.6 Å². The SMILES string of the molecule is C=CCCc1ccc2c(F)c(C3CCC(C4CCC(CCC=C)CC4)CC3)ccc2c1. The van der Waals surface area contributed by atoms with E-state index >= 15 is 4.39 Å². The second kappa shape index (κ2) is 10.6. The average Bonchev–Trinajstić information content (AvgIpc) is 2.82. The molecule has 0 amide bonds. The molecule has 0 radical (unpaired) electrons. The molecular weight excluding hydrogens is 379 g/mol. The lowest BCUT2D eigenvalue weighted by Crippen LogP contribution is -2.25. The first-order valence-corrected chi connectivity index (χ1v) is 12.6. The summed E-state index contributed by atoms with van der Waals surface area (Å²) in [7, 11) is 0. The van der Waals surface area contributed by atoms with Crippen molar-refractivity contribution in [2.45, 2.75) is 83.0 Å². The van der Waals surface area contributed by atoms with E-state index in [1.165, 1.54) is 56.9 Å². The van der Waals surface area contributed by atoms with Gasteiger partial charge in [-0.05, 0) is 104 Å². The van der Waals surface area contributed by atoms with Crippen LogP contribution in [0.4, 0.5) is 4.39 Å². The number of fused-ring (bicyclic) bond motifs is 1. The molecule has 0 nitrogen and oxygen atoms in total. The van der Waals surface area contributed by atoms with Crippen LogP contribution in [0.2, 0.25) is 0 Å². The minimum atomic E-state index is 0.0268. The summed E-state index contributed by atoms with van der Waals surface area (Å²) >= 11 is 0. The molecule has 2 fully saturated rings. The number of aryl methyl sites for hydroxylation is 1. The lowest BCUT2D eigenvalue weighted by molar-refractivity contribution is 0.156. The van der Waals surface area contributed by atoms with Gasteiger partial charge in [0.15, 0.2) is 0 Å². The number of allylic oxidation sites excluding steroid dienone is 2. The molecule has 0 unspecified atom stereocenters. The summed E-state index contributed by atoms with van der Waals surface area (Å²) in [6.07, 6.45) is 19.0. The Labute approximate surface area is 188 Å². The van der Waals surface area contributed by atoms with Crippen molar-refractivity contribution in [3.05, 3.63) is 72.6 Å². The molecule has 0 aliphatic heterocycles. The van der Waals surface area contributed by atoms with Crippen molar-refractivity contribution in [2.24, 2.45) is 17.8 Å². The van der Waals surface area contributed by atoms with Crippen LogP contribution in [0, 0.1) is 23.6 Å². The van der Waals surface area contributed by atoms with Gasteiger partial charge in [-0.1, -0.05) is 55.3 Å². The normalized spacial score (nSPS) is 26.6. The van der Waals surface area contributed by atoms with Crippen molar-refractivity contribution in [1.82, 2.24) is 0 Å². The van der Waals surface area contributed by atoms with Crippen LogP contribution in [-0.2, 0) is 6.42 Å². The Morgan fingerprint density at radius 2 is 1.48 bits per heavy atom. The van der Waals surface area contributed by atoms with Gasteiger partial charge in [0.25, 0.3) is 0 Å². The van der Waals surface area contributed by atoms with Gasteiger partial charge in [0, 0.05) is 5.39 Å². The van der Waals surface area contributed by atoms with Crippen molar-refractivity contribution >= 4 is 10.8 Å². The minimum Gasteiger partial charge on any atom is -0.206 e. The standard InChI is InChI=1S/C30H39F/c1-3-5-7-22-9-12-24(13-10-22)25-14-16-26(17-15-25)28-20-18-27-21-23(8-6-4-2)11-19-29(27)30(28)31/h3-4,11,18-22,24-26H,1-2,5-10,12-17H2. The highest BCUT2D eigenvalue weighted by Crippen LogP contribution is 2.45. The van der Waals surface area contributed by atoms with Gasteiger partial charge in [-0.25, -0.2) is 4.39 Å². The van der Waals surface area contributed by atoms with Crippen molar-refractivity contribution in [3.63, 3.8) is 0 Å². The highest BCUT2D eigenvalue weighted by atomic mass is 19.1. The van der Waals surface area contributed by atoms with E-state index in [9.17, 15) is 0 Å². The first kappa shape index (κ1) is 22.3. The van der Waals surface area contributed by atoms with Gasteiger partial charge < -0.3 is 0 Å². The second-order valence-electron chi connectivity index (χ2n) is 10.1. The van der Waals surface area contributed by atoms with E-state index in [0.29, 0.717) is 5.92 Å². The Morgan fingerprint density at radius 1 is 0.806 bits per heavy atom. The third-order valence-corrected chi connectivity index (χ3v) is 8.23. The first-order chi connectivity index (χ1) is 15.2. The van der Waals surface area contributed by atoms with Gasteiger partial charge in [0.1, 0.15) is 5.82 Å². The Kier molecular flexibility index (Phi) is 7.64. The van der Waals surface area contributed by atoms with Gasteiger partial charge in [-0.2, -0.15) is 0 Å². The van der Waals surface area contributed by atoms with E-state index in [2.05, 4.69) is 43.5 Å². The van der Waals surface area contributed by atoms with E-state index in [-0.39, 0.29) is 5.82 Å². The van der Waals surface area contributed by atoms with Crippen LogP contribution in [0.25, 0.3) is 10.8 Å². The smallest absolute Gasteiger partial charge is 0.134 e. The molecule has 4 rings (SSSR count). The van der Waals surface area contributed by atoms with Crippen molar-refractivity contribution in [2.75, 3.05) is 0 Å². The maximum absolute atomic E-state index is 15.4. The van der Waals surface area contributed by atoms with E-state index in [1.54, 1.807) is 0 Å². The topological polar surface area (TPSA) is 0 Å². The van der Waals surface area contributed by atoms with E-state index in [1.807, 2.05) is 12.1 Å². The first-order valence-electron chi connectivity index (χ1n) is 12.6. The maximum Gasteiger partial charge on any atom is 0.134 e. The van der Waals surface area contributed by atoms with Crippen molar-refractivity contribution in [1.29, 1.82) is 0 Å². The molecule has 2 aliphatic rings. The molecule has 0 heterocycles. The summed E-state index contributed by atoms with van der Waals surface area (Å²) < 4.78 is 15.4. The van der Waals surface area contributed by atoms with Crippen LogP contribution in [0.5, 0.6) is 0 Å². The van der Waals surface area contributed by atoms with Gasteiger partial charge >= 0.3 is 0 Å². The monoisotopic (exact) mass is 418 g/mol. The predicted molar refractivity (Wildman–Crippen MR) is 132 cm³/mol. The Balaban J connectivity index is 1.36. The molecule has 0 spiro atoms. The zero-order valence-corrected chi connectivity index (χ0v) is 19.1.